The summed E-state index contributed by atoms with van der Waals surface area (Å²) in [7, 11) is 0. The van der Waals surface area contributed by atoms with Gasteiger partial charge in [0.05, 0.1) is 15.9 Å². The van der Waals surface area contributed by atoms with E-state index < -0.39 is 9.85 Å². The van der Waals surface area contributed by atoms with Gasteiger partial charge in [0.2, 0.25) is 0 Å². The molecule has 0 heterocycles. The Kier molecular flexibility index (Phi) is 5.05. The van der Waals surface area contributed by atoms with Gasteiger partial charge in [-0.05, 0) is 6.07 Å². The maximum Gasteiger partial charge on any atom is 0.280 e. The standard InChI is InChI=1S/C10H13N3O4S/c1-7(5-11)18-6-8-2-3-9(12(14)15)4-10(8)13(16)17/h2-4,7H,5-6,11H2,1H3. The molecular formula is C10H13N3O4S. The minimum atomic E-state index is -0.646. The summed E-state index contributed by atoms with van der Waals surface area (Å²) >= 11 is 1.48. The van der Waals surface area contributed by atoms with Crippen LogP contribution in [0.4, 0.5) is 11.4 Å². The Morgan fingerprint density at radius 2 is 2.00 bits per heavy atom. The molecule has 98 valence electrons. The molecule has 0 bridgehead atoms. The Labute approximate surface area is 108 Å². The number of nitrogens with zero attached hydrogens (tertiary/aromatic N) is 2. The van der Waals surface area contributed by atoms with Crippen LogP contribution in [0, 0.1) is 20.2 Å². The molecule has 2 N–H and O–H groups in total. The van der Waals surface area contributed by atoms with Crippen LogP contribution in [-0.4, -0.2) is 21.6 Å². The Morgan fingerprint density at radius 1 is 1.33 bits per heavy atom. The van der Waals surface area contributed by atoms with Gasteiger partial charge in [0.25, 0.3) is 11.4 Å². The Bertz CT molecular complexity index is 466. The summed E-state index contributed by atoms with van der Waals surface area (Å²) in [6, 6.07) is 3.69. The molecule has 8 heteroatoms. The van der Waals surface area contributed by atoms with Crippen molar-refractivity contribution in [1.82, 2.24) is 0 Å². The van der Waals surface area contributed by atoms with Crippen LogP contribution >= 0.6 is 11.8 Å². The van der Waals surface area contributed by atoms with Gasteiger partial charge in [-0.3, -0.25) is 20.2 Å². The van der Waals surface area contributed by atoms with Crippen molar-refractivity contribution in [3.05, 3.63) is 44.0 Å². The van der Waals surface area contributed by atoms with E-state index in [1.165, 1.54) is 23.9 Å². The first kappa shape index (κ1) is 14.4. The predicted octanol–water partition coefficient (Wildman–Crippen LogP) is 2.08. The van der Waals surface area contributed by atoms with Gasteiger partial charge in [-0.25, -0.2) is 0 Å². The number of nitrogens with two attached hydrogens (primary N) is 1. The zero-order valence-electron chi connectivity index (χ0n) is 9.74. The van der Waals surface area contributed by atoms with Gasteiger partial charge in [0.1, 0.15) is 0 Å². The van der Waals surface area contributed by atoms with Gasteiger partial charge in [-0.1, -0.05) is 6.92 Å². The van der Waals surface area contributed by atoms with Crippen molar-refractivity contribution in [1.29, 1.82) is 0 Å². The second-order valence-corrected chi connectivity index (χ2v) is 5.11. The number of hydrogen-bond acceptors (Lipinski definition) is 6. The highest BCUT2D eigenvalue weighted by molar-refractivity contribution is 7.99. The number of nitro groups is 2. The number of benzene rings is 1. The van der Waals surface area contributed by atoms with Crippen LogP contribution < -0.4 is 5.73 Å². The van der Waals surface area contributed by atoms with E-state index in [-0.39, 0.29) is 16.6 Å². The number of thioether (sulfide) groups is 1. The monoisotopic (exact) mass is 271 g/mol. The number of nitro benzene ring substituents is 2. The van der Waals surface area contributed by atoms with Crippen LogP contribution in [0.25, 0.3) is 0 Å². The van der Waals surface area contributed by atoms with E-state index in [0.29, 0.717) is 17.9 Å². The quantitative estimate of drug-likeness (QED) is 0.626. The minimum Gasteiger partial charge on any atom is -0.329 e. The van der Waals surface area contributed by atoms with Crippen molar-refractivity contribution in [2.45, 2.75) is 17.9 Å². The third-order valence-electron chi connectivity index (χ3n) is 2.33. The lowest BCUT2D eigenvalue weighted by molar-refractivity contribution is -0.394. The van der Waals surface area contributed by atoms with Crippen molar-refractivity contribution in [2.75, 3.05) is 6.54 Å². The van der Waals surface area contributed by atoms with Gasteiger partial charge < -0.3 is 5.73 Å². The Hall–Kier alpha value is -1.67. The molecule has 0 spiro atoms. The first-order valence-electron chi connectivity index (χ1n) is 5.19. The van der Waals surface area contributed by atoms with Gasteiger partial charge in [0, 0.05) is 29.2 Å². The Balaban J connectivity index is 2.97. The smallest absolute Gasteiger partial charge is 0.280 e. The highest BCUT2D eigenvalue weighted by Gasteiger charge is 2.19. The van der Waals surface area contributed by atoms with E-state index in [9.17, 15) is 20.2 Å². The third kappa shape index (κ3) is 3.67. The molecule has 0 saturated carbocycles. The summed E-state index contributed by atoms with van der Waals surface area (Å²) in [4.78, 5) is 20.2. The molecule has 1 aromatic carbocycles. The number of non-ortho nitro benzene ring substituents is 1. The highest BCUT2D eigenvalue weighted by Crippen LogP contribution is 2.28. The second kappa shape index (κ2) is 6.31. The zero-order valence-corrected chi connectivity index (χ0v) is 10.6. The van der Waals surface area contributed by atoms with Crippen LogP contribution in [0.3, 0.4) is 0 Å². The molecule has 18 heavy (non-hydrogen) atoms. The van der Waals surface area contributed by atoms with Crippen LogP contribution in [0.2, 0.25) is 0 Å². The molecule has 1 aromatic rings. The lowest BCUT2D eigenvalue weighted by Gasteiger charge is -2.08. The summed E-state index contributed by atoms with van der Waals surface area (Å²) in [5.74, 6) is 0.409. The predicted molar refractivity (Wildman–Crippen MR) is 69.6 cm³/mol. The zero-order chi connectivity index (χ0) is 13.7. The summed E-state index contributed by atoms with van der Waals surface area (Å²) in [6.07, 6.45) is 0. The van der Waals surface area contributed by atoms with Crippen molar-refractivity contribution < 1.29 is 9.85 Å². The van der Waals surface area contributed by atoms with Crippen LogP contribution in [0.5, 0.6) is 0 Å². The maximum atomic E-state index is 10.9. The van der Waals surface area contributed by atoms with Gasteiger partial charge in [0.15, 0.2) is 0 Å². The SMILES string of the molecule is CC(CN)SCc1ccc([N+](=O)[O-])cc1[N+](=O)[O-]. The molecular weight excluding hydrogens is 258 g/mol. The van der Waals surface area contributed by atoms with Gasteiger partial charge >= 0.3 is 0 Å². The summed E-state index contributed by atoms with van der Waals surface area (Å²) in [6.45, 7) is 2.40. The fourth-order valence-corrected chi connectivity index (χ4v) is 2.10. The fraction of sp³-hybridized carbons (Fsp3) is 0.400. The number of rotatable bonds is 6. The lowest BCUT2D eigenvalue weighted by atomic mass is 10.2. The first-order chi connectivity index (χ1) is 8.45. The van der Waals surface area contributed by atoms with E-state index >= 15 is 0 Å². The van der Waals surface area contributed by atoms with Crippen molar-refractivity contribution in [2.24, 2.45) is 5.73 Å². The molecule has 7 nitrogen and oxygen atoms in total. The summed E-state index contributed by atoms with van der Waals surface area (Å²) in [5, 5.41) is 21.6. The molecule has 0 aliphatic rings. The third-order valence-corrected chi connectivity index (χ3v) is 3.57. The fourth-order valence-electron chi connectivity index (χ4n) is 1.26. The average molecular weight is 271 g/mol. The van der Waals surface area contributed by atoms with E-state index in [2.05, 4.69) is 0 Å². The molecule has 0 aromatic heterocycles. The van der Waals surface area contributed by atoms with E-state index in [1.54, 1.807) is 0 Å². The lowest BCUT2D eigenvalue weighted by Crippen LogP contribution is -2.12. The van der Waals surface area contributed by atoms with E-state index in [4.69, 9.17) is 5.73 Å². The van der Waals surface area contributed by atoms with Crippen molar-refractivity contribution >= 4 is 23.1 Å². The normalized spacial score (nSPS) is 12.1. The minimum absolute atomic E-state index is 0.180. The van der Waals surface area contributed by atoms with Crippen LogP contribution in [-0.2, 0) is 5.75 Å². The van der Waals surface area contributed by atoms with Gasteiger partial charge in [-0.15, -0.1) is 0 Å². The molecule has 1 atom stereocenters. The molecule has 0 amide bonds. The second-order valence-electron chi connectivity index (χ2n) is 3.68. The molecule has 0 aliphatic heterocycles. The molecule has 0 aliphatic carbocycles. The average Bonchev–Trinajstić information content (AvgIpc) is 2.35. The molecule has 0 radical (unpaired) electrons. The van der Waals surface area contributed by atoms with Crippen molar-refractivity contribution in [3.8, 4) is 0 Å². The maximum absolute atomic E-state index is 10.9. The number of hydrogen-bond donors (Lipinski definition) is 1. The first-order valence-corrected chi connectivity index (χ1v) is 6.24. The molecule has 1 unspecified atom stereocenters. The molecule has 0 fully saturated rings. The van der Waals surface area contributed by atoms with Crippen LogP contribution in [0.15, 0.2) is 18.2 Å². The largest absolute Gasteiger partial charge is 0.329 e. The summed E-state index contributed by atoms with van der Waals surface area (Å²) in [5.41, 5.74) is 5.43. The van der Waals surface area contributed by atoms with Crippen molar-refractivity contribution in [3.63, 3.8) is 0 Å². The highest BCUT2D eigenvalue weighted by atomic mass is 32.2. The summed E-state index contributed by atoms with van der Waals surface area (Å²) < 4.78 is 0. The Morgan fingerprint density at radius 3 is 2.50 bits per heavy atom. The van der Waals surface area contributed by atoms with E-state index in [0.717, 1.165) is 6.07 Å². The molecule has 1 rings (SSSR count). The van der Waals surface area contributed by atoms with E-state index in [1.807, 2.05) is 6.92 Å². The van der Waals surface area contributed by atoms with Gasteiger partial charge in [-0.2, -0.15) is 11.8 Å². The topological polar surface area (TPSA) is 112 Å². The van der Waals surface area contributed by atoms with Crippen LogP contribution in [0.1, 0.15) is 12.5 Å². The molecule has 0 saturated heterocycles.